The molecule has 128 valence electrons. The van der Waals surface area contributed by atoms with Gasteiger partial charge in [0.2, 0.25) is 0 Å². The number of aromatic nitrogens is 2. The van der Waals surface area contributed by atoms with Crippen LogP contribution in [0.3, 0.4) is 0 Å². The largest absolute Gasteiger partial charge is 0.321 e. The van der Waals surface area contributed by atoms with Crippen molar-refractivity contribution in [3.63, 3.8) is 0 Å². The summed E-state index contributed by atoms with van der Waals surface area (Å²) in [7, 11) is -3.27. The molecule has 0 aliphatic rings. The van der Waals surface area contributed by atoms with Crippen LogP contribution < -0.4 is 5.32 Å². The first-order valence-corrected chi connectivity index (χ1v) is 9.53. The maximum absolute atomic E-state index is 12.3. The molecule has 0 aliphatic heterocycles. The number of hydrogen-bond donors (Lipinski definition) is 2. The van der Waals surface area contributed by atoms with Crippen LogP contribution in [-0.2, 0) is 9.84 Å². The minimum Gasteiger partial charge on any atom is -0.321 e. The highest BCUT2D eigenvalue weighted by Gasteiger charge is 2.12. The highest BCUT2D eigenvalue weighted by molar-refractivity contribution is 7.90. The Kier molecular flexibility index (Phi) is 4.61. The predicted molar refractivity (Wildman–Crippen MR) is 96.5 cm³/mol. The summed E-state index contributed by atoms with van der Waals surface area (Å²) in [6.45, 7) is 0. The molecule has 0 atom stereocenters. The molecular formula is C17H14ClN3O3S. The van der Waals surface area contributed by atoms with Gasteiger partial charge in [0.05, 0.1) is 10.6 Å². The molecule has 0 saturated heterocycles. The second-order valence-corrected chi connectivity index (χ2v) is 7.88. The lowest BCUT2D eigenvalue weighted by molar-refractivity contribution is 0.102. The Morgan fingerprint density at radius 1 is 1.12 bits per heavy atom. The molecule has 25 heavy (non-hydrogen) atoms. The molecule has 0 unspecified atom stereocenters. The number of aromatic amines is 1. The highest BCUT2D eigenvalue weighted by atomic mass is 35.5. The molecule has 0 saturated carbocycles. The van der Waals surface area contributed by atoms with Crippen molar-refractivity contribution in [3.05, 3.63) is 65.3 Å². The Bertz CT molecular complexity index is 1030. The number of rotatable bonds is 4. The van der Waals surface area contributed by atoms with E-state index in [-0.39, 0.29) is 16.5 Å². The summed E-state index contributed by atoms with van der Waals surface area (Å²) >= 11 is 5.96. The van der Waals surface area contributed by atoms with Crippen LogP contribution in [0.5, 0.6) is 0 Å². The zero-order chi connectivity index (χ0) is 18.0. The summed E-state index contributed by atoms with van der Waals surface area (Å²) in [5.74, 6) is -0.382. The number of carbonyl (C=O) groups excluding carboxylic acids is 1. The predicted octanol–water partition coefficient (Wildman–Crippen LogP) is 3.39. The van der Waals surface area contributed by atoms with E-state index < -0.39 is 9.84 Å². The average molecular weight is 376 g/mol. The van der Waals surface area contributed by atoms with E-state index in [9.17, 15) is 13.2 Å². The summed E-state index contributed by atoms with van der Waals surface area (Å²) in [5.41, 5.74) is 2.15. The second kappa shape index (κ2) is 6.70. The molecule has 0 spiro atoms. The Labute approximate surface area is 149 Å². The van der Waals surface area contributed by atoms with Gasteiger partial charge in [0, 0.05) is 22.5 Å². The fraction of sp³-hybridized carbons (Fsp3) is 0.0588. The molecule has 0 aliphatic carbocycles. The first-order chi connectivity index (χ1) is 11.8. The first-order valence-electron chi connectivity index (χ1n) is 7.26. The van der Waals surface area contributed by atoms with E-state index in [1.807, 2.05) is 6.07 Å². The van der Waals surface area contributed by atoms with Crippen molar-refractivity contribution in [3.8, 4) is 11.3 Å². The summed E-state index contributed by atoms with van der Waals surface area (Å²) in [6.07, 6.45) is 1.13. The van der Waals surface area contributed by atoms with Crippen molar-refractivity contribution in [2.24, 2.45) is 0 Å². The molecule has 1 heterocycles. The number of nitrogens with zero attached hydrogens (tertiary/aromatic N) is 1. The van der Waals surface area contributed by atoms with Crippen LogP contribution in [0.1, 0.15) is 10.5 Å². The zero-order valence-electron chi connectivity index (χ0n) is 13.2. The van der Waals surface area contributed by atoms with Gasteiger partial charge < -0.3 is 5.32 Å². The Morgan fingerprint density at radius 2 is 1.84 bits per heavy atom. The van der Waals surface area contributed by atoms with Crippen molar-refractivity contribution >= 4 is 33.0 Å². The first kappa shape index (κ1) is 17.2. The average Bonchev–Trinajstić information content (AvgIpc) is 3.05. The minimum absolute atomic E-state index is 0.190. The van der Waals surface area contributed by atoms with Crippen LogP contribution in [-0.4, -0.2) is 30.8 Å². The van der Waals surface area contributed by atoms with Crippen LogP contribution in [0, 0.1) is 0 Å². The SMILES string of the molecule is CS(=O)(=O)c1ccc(NC(=O)c2cc(-c3cccc(Cl)c3)n[nH]2)cc1. The third-order valence-corrected chi connectivity index (χ3v) is 4.85. The van der Waals surface area contributed by atoms with Gasteiger partial charge in [0.1, 0.15) is 5.69 Å². The molecule has 0 radical (unpaired) electrons. The van der Waals surface area contributed by atoms with Crippen LogP contribution in [0.25, 0.3) is 11.3 Å². The van der Waals surface area contributed by atoms with Gasteiger partial charge in [-0.2, -0.15) is 5.10 Å². The lowest BCUT2D eigenvalue weighted by atomic mass is 10.1. The maximum atomic E-state index is 12.3. The van der Waals surface area contributed by atoms with E-state index in [2.05, 4.69) is 15.5 Å². The summed E-state index contributed by atoms with van der Waals surface area (Å²) < 4.78 is 22.9. The van der Waals surface area contributed by atoms with E-state index in [1.165, 1.54) is 24.3 Å². The van der Waals surface area contributed by atoms with Crippen molar-refractivity contribution in [1.29, 1.82) is 0 Å². The van der Waals surface area contributed by atoms with Crippen LogP contribution in [0.2, 0.25) is 5.02 Å². The molecule has 3 aromatic rings. The van der Waals surface area contributed by atoms with Crippen molar-refractivity contribution < 1.29 is 13.2 Å². The number of anilines is 1. The normalized spacial score (nSPS) is 11.3. The number of H-pyrrole nitrogens is 1. The van der Waals surface area contributed by atoms with Gasteiger partial charge in [0.25, 0.3) is 5.91 Å². The molecular weight excluding hydrogens is 362 g/mol. The van der Waals surface area contributed by atoms with Gasteiger partial charge >= 0.3 is 0 Å². The molecule has 0 bridgehead atoms. The summed E-state index contributed by atoms with van der Waals surface area (Å²) in [6, 6.07) is 14.7. The van der Waals surface area contributed by atoms with Crippen LogP contribution in [0.15, 0.2) is 59.5 Å². The van der Waals surface area contributed by atoms with E-state index >= 15 is 0 Å². The monoisotopic (exact) mass is 375 g/mol. The third kappa shape index (κ3) is 4.07. The van der Waals surface area contributed by atoms with E-state index in [0.717, 1.165) is 11.8 Å². The number of hydrogen-bond acceptors (Lipinski definition) is 4. The fourth-order valence-electron chi connectivity index (χ4n) is 2.22. The molecule has 1 amide bonds. The number of halogens is 1. The number of amides is 1. The van der Waals surface area contributed by atoms with Gasteiger partial charge in [0.15, 0.2) is 9.84 Å². The van der Waals surface area contributed by atoms with Crippen LogP contribution >= 0.6 is 11.6 Å². The molecule has 6 nitrogen and oxygen atoms in total. The minimum atomic E-state index is -3.27. The molecule has 8 heteroatoms. The van der Waals surface area contributed by atoms with Gasteiger partial charge in [-0.1, -0.05) is 23.7 Å². The van der Waals surface area contributed by atoms with Crippen LogP contribution in [0.4, 0.5) is 5.69 Å². The molecule has 0 fully saturated rings. The lowest BCUT2D eigenvalue weighted by Gasteiger charge is -2.04. The number of benzene rings is 2. The Hall–Kier alpha value is -2.64. The lowest BCUT2D eigenvalue weighted by Crippen LogP contribution is -2.12. The Morgan fingerprint density at radius 3 is 2.48 bits per heavy atom. The van der Waals surface area contributed by atoms with E-state index in [4.69, 9.17) is 11.6 Å². The van der Waals surface area contributed by atoms with E-state index in [0.29, 0.717) is 16.4 Å². The standard InChI is InChI=1S/C17H14ClN3O3S/c1-25(23,24)14-7-5-13(6-8-14)19-17(22)16-10-15(20-21-16)11-3-2-4-12(18)9-11/h2-10H,1H3,(H,19,22)(H,20,21). The third-order valence-electron chi connectivity index (χ3n) is 3.48. The topological polar surface area (TPSA) is 91.9 Å². The van der Waals surface area contributed by atoms with E-state index in [1.54, 1.807) is 24.3 Å². The fourth-order valence-corrected chi connectivity index (χ4v) is 3.04. The quantitative estimate of drug-likeness (QED) is 0.731. The van der Waals surface area contributed by atoms with Crippen molar-refractivity contribution in [1.82, 2.24) is 10.2 Å². The number of nitrogens with one attached hydrogen (secondary N) is 2. The zero-order valence-corrected chi connectivity index (χ0v) is 14.7. The number of sulfone groups is 1. The Balaban J connectivity index is 1.76. The molecule has 2 aromatic carbocycles. The van der Waals surface area contributed by atoms with Gasteiger partial charge in [-0.05, 0) is 42.5 Å². The molecule has 3 rings (SSSR count). The van der Waals surface area contributed by atoms with Crippen molar-refractivity contribution in [2.75, 3.05) is 11.6 Å². The smallest absolute Gasteiger partial charge is 0.273 e. The maximum Gasteiger partial charge on any atom is 0.273 e. The summed E-state index contributed by atoms with van der Waals surface area (Å²) in [4.78, 5) is 12.5. The number of carbonyl (C=O) groups is 1. The van der Waals surface area contributed by atoms with Crippen molar-refractivity contribution in [2.45, 2.75) is 4.90 Å². The van der Waals surface area contributed by atoms with Gasteiger partial charge in [-0.15, -0.1) is 0 Å². The van der Waals surface area contributed by atoms with Gasteiger partial charge in [-0.3, -0.25) is 9.89 Å². The molecule has 1 aromatic heterocycles. The second-order valence-electron chi connectivity index (χ2n) is 5.43. The highest BCUT2D eigenvalue weighted by Crippen LogP contribution is 2.22. The molecule has 2 N–H and O–H groups in total. The summed E-state index contributed by atoms with van der Waals surface area (Å²) in [5, 5.41) is 10.1. The van der Waals surface area contributed by atoms with Gasteiger partial charge in [-0.25, -0.2) is 8.42 Å².